The third-order valence-electron chi connectivity index (χ3n) is 2.10. The van der Waals surface area contributed by atoms with Gasteiger partial charge in [0.05, 0.1) is 5.54 Å². The van der Waals surface area contributed by atoms with E-state index < -0.39 is 5.54 Å². The fraction of sp³-hybridized carbons (Fsp3) is 0.900. The summed E-state index contributed by atoms with van der Waals surface area (Å²) in [7, 11) is 0. The molecule has 0 aliphatic heterocycles. The van der Waals surface area contributed by atoms with Crippen molar-refractivity contribution in [2.24, 2.45) is 5.73 Å². The first-order valence-electron chi connectivity index (χ1n) is 5.10. The summed E-state index contributed by atoms with van der Waals surface area (Å²) in [5.74, 6) is 1.05. The zero-order valence-corrected chi connectivity index (χ0v) is 11.5. The van der Waals surface area contributed by atoms with Gasteiger partial charge in [-0.05, 0) is 31.8 Å². The second-order valence-electron chi connectivity index (χ2n) is 3.77. The molecule has 15 heavy (non-hydrogen) atoms. The summed E-state index contributed by atoms with van der Waals surface area (Å²) in [5.41, 5.74) is 5.17. The van der Waals surface area contributed by atoms with E-state index in [1.54, 1.807) is 18.7 Å². The van der Waals surface area contributed by atoms with Gasteiger partial charge in [-0.3, -0.25) is 4.79 Å². The number of hydrogen-bond donors (Lipinski definition) is 2. The van der Waals surface area contributed by atoms with Gasteiger partial charge in [0.2, 0.25) is 5.91 Å². The topological polar surface area (TPSA) is 55.1 Å². The molecule has 1 atom stereocenters. The molecule has 0 bridgehead atoms. The number of thioether (sulfide) groups is 1. The Morgan fingerprint density at radius 3 is 2.60 bits per heavy atom. The molecule has 0 fully saturated rings. The van der Waals surface area contributed by atoms with Crippen LogP contribution in [0.3, 0.4) is 0 Å². The van der Waals surface area contributed by atoms with E-state index in [0.717, 1.165) is 31.6 Å². The molecule has 0 aliphatic carbocycles. The van der Waals surface area contributed by atoms with Crippen LogP contribution in [0.25, 0.3) is 0 Å². The summed E-state index contributed by atoms with van der Waals surface area (Å²) >= 11 is 1.79. The van der Waals surface area contributed by atoms with Gasteiger partial charge in [-0.15, -0.1) is 12.4 Å². The first kappa shape index (κ1) is 17.5. The summed E-state index contributed by atoms with van der Waals surface area (Å²) in [6.07, 6.45) is 4.74. The largest absolute Gasteiger partial charge is 0.354 e. The van der Waals surface area contributed by atoms with E-state index in [0.29, 0.717) is 0 Å². The van der Waals surface area contributed by atoms with Crippen LogP contribution < -0.4 is 11.1 Å². The number of carbonyl (C=O) groups excluding carboxylic acids is 1. The first-order chi connectivity index (χ1) is 6.54. The van der Waals surface area contributed by atoms with Crippen LogP contribution >= 0.6 is 24.2 Å². The Morgan fingerprint density at radius 2 is 2.13 bits per heavy atom. The van der Waals surface area contributed by atoms with E-state index in [1.165, 1.54) is 0 Å². The lowest BCUT2D eigenvalue weighted by atomic mass is 9.96. The van der Waals surface area contributed by atoms with Gasteiger partial charge >= 0.3 is 0 Å². The second kappa shape index (κ2) is 9.31. The van der Waals surface area contributed by atoms with Crippen molar-refractivity contribution in [2.45, 2.75) is 38.6 Å². The van der Waals surface area contributed by atoms with Gasteiger partial charge in [0.15, 0.2) is 0 Å². The quantitative estimate of drug-likeness (QED) is 0.682. The third-order valence-corrected chi connectivity index (χ3v) is 2.80. The summed E-state index contributed by atoms with van der Waals surface area (Å²) in [4.78, 5) is 11.6. The van der Waals surface area contributed by atoms with Crippen LogP contribution in [0.1, 0.15) is 33.1 Å². The molecular formula is C10H23ClN2OS. The van der Waals surface area contributed by atoms with E-state index in [-0.39, 0.29) is 18.3 Å². The number of halogens is 1. The van der Waals surface area contributed by atoms with Crippen molar-refractivity contribution < 1.29 is 4.79 Å². The van der Waals surface area contributed by atoms with Crippen LogP contribution in [0.2, 0.25) is 0 Å². The van der Waals surface area contributed by atoms with E-state index in [9.17, 15) is 4.79 Å². The molecule has 1 amide bonds. The fourth-order valence-electron chi connectivity index (χ4n) is 1.25. The minimum Gasteiger partial charge on any atom is -0.354 e. The summed E-state index contributed by atoms with van der Waals surface area (Å²) < 4.78 is 0. The van der Waals surface area contributed by atoms with E-state index in [2.05, 4.69) is 11.6 Å². The summed E-state index contributed by atoms with van der Waals surface area (Å²) in [5, 5.41) is 2.87. The molecule has 0 rings (SSSR count). The van der Waals surface area contributed by atoms with Crippen molar-refractivity contribution in [3.05, 3.63) is 0 Å². The monoisotopic (exact) mass is 254 g/mol. The average molecular weight is 255 g/mol. The maximum Gasteiger partial charge on any atom is 0.239 e. The molecule has 0 aromatic rings. The van der Waals surface area contributed by atoms with Crippen LogP contribution in [0.15, 0.2) is 0 Å². The average Bonchev–Trinajstić information content (AvgIpc) is 2.12. The number of amides is 1. The molecule has 0 saturated carbocycles. The van der Waals surface area contributed by atoms with Gasteiger partial charge in [-0.1, -0.05) is 13.3 Å². The predicted molar refractivity (Wildman–Crippen MR) is 70.8 cm³/mol. The van der Waals surface area contributed by atoms with Crippen LogP contribution in [-0.2, 0) is 4.79 Å². The third kappa shape index (κ3) is 7.94. The van der Waals surface area contributed by atoms with Crippen molar-refractivity contribution in [1.82, 2.24) is 5.32 Å². The maximum atomic E-state index is 11.6. The molecule has 0 heterocycles. The highest BCUT2D eigenvalue weighted by molar-refractivity contribution is 7.98. The number of nitrogens with two attached hydrogens (primary N) is 1. The smallest absolute Gasteiger partial charge is 0.239 e. The molecule has 1 unspecified atom stereocenters. The highest BCUT2D eigenvalue weighted by Gasteiger charge is 2.26. The highest BCUT2D eigenvalue weighted by atomic mass is 35.5. The van der Waals surface area contributed by atoms with Gasteiger partial charge < -0.3 is 11.1 Å². The number of hydrogen-bond acceptors (Lipinski definition) is 3. The molecular weight excluding hydrogens is 232 g/mol. The minimum atomic E-state index is -0.700. The van der Waals surface area contributed by atoms with Gasteiger partial charge in [-0.25, -0.2) is 0 Å². The van der Waals surface area contributed by atoms with Crippen molar-refractivity contribution in [3.63, 3.8) is 0 Å². The lowest BCUT2D eigenvalue weighted by Crippen LogP contribution is -2.51. The molecule has 0 aromatic carbocycles. The Labute approximate surface area is 103 Å². The molecule has 0 radical (unpaired) electrons. The van der Waals surface area contributed by atoms with E-state index in [4.69, 9.17) is 5.73 Å². The zero-order chi connectivity index (χ0) is 11.0. The molecule has 0 spiro atoms. The predicted octanol–water partition coefficient (Wildman–Crippen LogP) is 1.79. The number of rotatable bonds is 7. The zero-order valence-electron chi connectivity index (χ0n) is 9.84. The molecule has 92 valence electrons. The van der Waals surface area contributed by atoms with Crippen LogP contribution in [0, 0.1) is 0 Å². The van der Waals surface area contributed by atoms with Gasteiger partial charge in [0, 0.05) is 6.54 Å². The molecule has 0 saturated heterocycles. The van der Waals surface area contributed by atoms with Crippen LogP contribution in [0.5, 0.6) is 0 Å². The van der Waals surface area contributed by atoms with Crippen molar-refractivity contribution in [1.29, 1.82) is 0 Å². The Morgan fingerprint density at radius 1 is 1.53 bits per heavy atom. The lowest BCUT2D eigenvalue weighted by Gasteiger charge is -2.22. The van der Waals surface area contributed by atoms with Crippen LogP contribution in [-0.4, -0.2) is 30.0 Å². The van der Waals surface area contributed by atoms with Gasteiger partial charge in [-0.2, -0.15) is 11.8 Å². The molecule has 0 aromatic heterocycles. The van der Waals surface area contributed by atoms with Crippen LogP contribution in [0.4, 0.5) is 0 Å². The minimum absolute atomic E-state index is 0. The molecule has 3 nitrogen and oxygen atoms in total. The Kier molecular flexibility index (Phi) is 10.8. The molecule has 3 N–H and O–H groups in total. The Balaban J connectivity index is 0. The van der Waals surface area contributed by atoms with Crippen molar-refractivity contribution in [3.8, 4) is 0 Å². The van der Waals surface area contributed by atoms with Gasteiger partial charge in [0.25, 0.3) is 0 Å². The molecule has 5 heteroatoms. The fourth-order valence-corrected chi connectivity index (χ4v) is 1.69. The summed E-state index contributed by atoms with van der Waals surface area (Å²) in [6.45, 7) is 4.56. The number of nitrogens with one attached hydrogen (secondary N) is 1. The lowest BCUT2D eigenvalue weighted by molar-refractivity contribution is -0.126. The number of carbonyl (C=O) groups is 1. The normalized spacial score (nSPS) is 13.9. The second-order valence-corrected chi connectivity index (χ2v) is 4.76. The molecule has 0 aliphatic rings. The first-order valence-corrected chi connectivity index (χ1v) is 6.50. The van der Waals surface area contributed by atoms with Gasteiger partial charge in [0.1, 0.15) is 0 Å². The SMILES string of the molecule is CCCC(C)(N)C(=O)NCCCSC.Cl. The maximum absolute atomic E-state index is 11.6. The highest BCUT2D eigenvalue weighted by Crippen LogP contribution is 2.08. The Bertz CT molecular complexity index is 177. The van der Waals surface area contributed by atoms with Crippen molar-refractivity contribution >= 4 is 30.1 Å². The Hall–Kier alpha value is 0.0700. The van der Waals surface area contributed by atoms with E-state index in [1.807, 2.05) is 6.92 Å². The summed E-state index contributed by atoms with van der Waals surface area (Å²) in [6, 6.07) is 0. The standard InChI is InChI=1S/C10H22N2OS.ClH/c1-4-6-10(2,11)9(13)12-7-5-8-14-3;/h4-8,11H2,1-3H3,(H,12,13);1H. The van der Waals surface area contributed by atoms with Crippen molar-refractivity contribution in [2.75, 3.05) is 18.6 Å². The van der Waals surface area contributed by atoms with E-state index >= 15 is 0 Å².